The molecule has 0 atom stereocenters. The maximum Gasteiger partial charge on any atom is 0.119 e. The first-order chi connectivity index (χ1) is 8.88. The highest BCUT2D eigenvalue weighted by Gasteiger charge is 1.97. The van der Waals surface area contributed by atoms with E-state index in [1.165, 1.54) is 5.56 Å². The molecule has 0 aliphatic heterocycles. The van der Waals surface area contributed by atoms with Crippen LogP contribution in [0, 0.1) is 0 Å². The van der Waals surface area contributed by atoms with E-state index in [0.717, 1.165) is 18.0 Å². The van der Waals surface area contributed by atoms with E-state index in [1.54, 1.807) is 6.20 Å². The van der Waals surface area contributed by atoms with Crippen LogP contribution in [0.2, 0.25) is 0 Å². The van der Waals surface area contributed by atoms with Crippen LogP contribution >= 0.6 is 0 Å². The van der Waals surface area contributed by atoms with Crippen LogP contribution in [0.25, 0.3) is 0 Å². The van der Waals surface area contributed by atoms with Gasteiger partial charge in [0.1, 0.15) is 5.75 Å². The van der Waals surface area contributed by atoms with Crippen molar-refractivity contribution < 1.29 is 4.74 Å². The quantitative estimate of drug-likeness (QED) is 0.844. The van der Waals surface area contributed by atoms with Crippen molar-refractivity contribution in [3.63, 3.8) is 0 Å². The van der Waals surface area contributed by atoms with E-state index in [0.29, 0.717) is 13.2 Å². The molecular formula is C14H17N3O. The van der Waals surface area contributed by atoms with Crippen LogP contribution in [0.15, 0.2) is 42.6 Å². The summed E-state index contributed by atoms with van der Waals surface area (Å²) in [5.74, 6) is 0.913. The minimum atomic E-state index is 0.691. The lowest BCUT2D eigenvalue weighted by Gasteiger charge is -2.07. The summed E-state index contributed by atoms with van der Waals surface area (Å²) in [6.07, 6.45) is 1.68. The largest absolute Gasteiger partial charge is 0.494 e. The van der Waals surface area contributed by atoms with E-state index in [9.17, 15) is 0 Å². The van der Waals surface area contributed by atoms with Gasteiger partial charge in [0.05, 0.1) is 12.3 Å². The Morgan fingerprint density at radius 3 is 2.89 bits per heavy atom. The minimum absolute atomic E-state index is 0.691. The molecule has 2 aromatic rings. The Balaban J connectivity index is 1.84. The van der Waals surface area contributed by atoms with E-state index in [1.807, 2.05) is 37.3 Å². The first-order valence-electron chi connectivity index (χ1n) is 6.07. The van der Waals surface area contributed by atoms with E-state index in [-0.39, 0.29) is 0 Å². The van der Waals surface area contributed by atoms with Crippen molar-refractivity contribution in [2.45, 2.75) is 20.0 Å². The van der Waals surface area contributed by atoms with Crippen LogP contribution in [-0.2, 0) is 13.1 Å². The number of benzene rings is 1. The zero-order chi connectivity index (χ0) is 12.6. The molecule has 1 heterocycles. The van der Waals surface area contributed by atoms with Crippen LogP contribution in [0.3, 0.4) is 0 Å². The number of nitrogens with zero attached hydrogens (tertiary/aromatic N) is 2. The highest BCUT2D eigenvalue weighted by atomic mass is 16.5. The van der Waals surface area contributed by atoms with Crippen molar-refractivity contribution >= 4 is 0 Å². The van der Waals surface area contributed by atoms with E-state index < -0.39 is 0 Å². The Morgan fingerprint density at radius 1 is 1.17 bits per heavy atom. The first kappa shape index (κ1) is 12.5. The second-order valence-electron chi connectivity index (χ2n) is 3.90. The summed E-state index contributed by atoms with van der Waals surface area (Å²) >= 11 is 0. The van der Waals surface area contributed by atoms with Gasteiger partial charge in [-0.15, -0.1) is 0 Å². The van der Waals surface area contributed by atoms with Crippen LogP contribution in [-0.4, -0.2) is 16.8 Å². The summed E-state index contributed by atoms with van der Waals surface area (Å²) < 4.78 is 5.46. The van der Waals surface area contributed by atoms with Gasteiger partial charge in [0, 0.05) is 19.3 Å². The van der Waals surface area contributed by atoms with E-state index >= 15 is 0 Å². The highest BCUT2D eigenvalue weighted by Crippen LogP contribution is 2.13. The smallest absolute Gasteiger partial charge is 0.119 e. The van der Waals surface area contributed by atoms with Gasteiger partial charge in [0.2, 0.25) is 0 Å². The predicted octanol–water partition coefficient (Wildman–Crippen LogP) is 2.17. The molecule has 0 saturated carbocycles. The molecule has 0 aliphatic carbocycles. The molecule has 0 saturated heterocycles. The third-order valence-electron chi connectivity index (χ3n) is 2.47. The molecule has 0 radical (unpaired) electrons. The van der Waals surface area contributed by atoms with Crippen molar-refractivity contribution in [2.75, 3.05) is 6.61 Å². The molecule has 0 aliphatic rings. The maximum atomic E-state index is 5.46. The Hall–Kier alpha value is -1.94. The molecule has 1 N–H and O–H groups in total. The summed E-state index contributed by atoms with van der Waals surface area (Å²) in [5, 5.41) is 11.2. The normalized spacial score (nSPS) is 10.3. The monoisotopic (exact) mass is 243 g/mol. The fourth-order valence-electron chi connectivity index (χ4n) is 1.67. The standard InChI is InChI=1S/C14H17N3O/c1-2-18-14-7-3-5-12(9-14)10-15-11-13-6-4-8-16-17-13/h3-9,15H,2,10-11H2,1H3. The van der Waals surface area contributed by atoms with Gasteiger partial charge in [0.15, 0.2) is 0 Å². The Labute approximate surface area is 107 Å². The first-order valence-corrected chi connectivity index (χ1v) is 6.07. The van der Waals surface area contributed by atoms with Crippen LogP contribution in [0.4, 0.5) is 0 Å². The van der Waals surface area contributed by atoms with Gasteiger partial charge in [-0.2, -0.15) is 10.2 Å². The predicted molar refractivity (Wildman–Crippen MR) is 70.2 cm³/mol. The number of ether oxygens (including phenoxy) is 1. The molecule has 2 rings (SSSR count). The average molecular weight is 243 g/mol. The molecular weight excluding hydrogens is 226 g/mol. The van der Waals surface area contributed by atoms with Crippen LogP contribution < -0.4 is 10.1 Å². The molecule has 0 spiro atoms. The third-order valence-corrected chi connectivity index (χ3v) is 2.47. The van der Waals surface area contributed by atoms with Gasteiger partial charge in [-0.25, -0.2) is 0 Å². The number of rotatable bonds is 6. The molecule has 4 heteroatoms. The van der Waals surface area contributed by atoms with Crippen molar-refractivity contribution in [1.82, 2.24) is 15.5 Å². The lowest BCUT2D eigenvalue weighted by Crippen LogP contribution is -2.13. The zero-order valence-corrected chi connectivity index (χ0v) is 10.5. The molecule has 4 nitrogen and oxygen atoms in total. The summed E-state index contributed by atoms with van der Waals surface area (Å²) in [5.41, 5.74) is 2.14. The van der Waals surface area contributed by atoms with Crippen molar-refractivity contribution in [3.8, 4) is 5.75 Å². The second kappa shape index (κ2) is 6.71. The Morgan fingerprint density at radius 2 is 2.11 bits per heavy atom. The van der Waals surface area contributed by atoms with Gasteiger partial charge >= 0.3 is 0 Å². The van der Waals surface area contributed by atoms with Crippen LogP contribution in [0.5, 0.6) is 5.75 Å². The molecule has 18 heavy (non-hydrogen) atoms. The Kier molecular flexibility index (Phi) is 4.67. The second-order valence-corrected chi connectivity index (χ2v) is 3.90. The molecule has 1 aromatic carbocycles. The molecule has 0 amide bonds. The lowest BCUT2D eigenvalue weighted by molar-refractivity contribution is 0.340. The number of aromatic nitrogens is 2. The molecule has 0 unspecified atom stereocenters. The van der Waals surface area contributed by atoms with Gasteiger partial charge in [0.25, 0.3) is 0 Å². The highest BCUT2D eigenvalue weighted by molar-refractivity contribution is 5.28. The Bertz CT molecular complexity index is 473. The van der Waals surface area contributed by atoms with E-state index in [2.05, 4.69) is 21.6 Å². The van der Waals surface area contributed by atoms with Gasteiger partial charge in [-0.05, 0) is 36.8 Å². The molecule has 0 fully saturated rings. The van der Waals surface area contributed by atoms with Crippen LogP contribution in [0.1, 0.15) is 18.2 Å². The fourth-order valence-corrected chi connectivity index (χ4v) is 1.67. The molecule has 94 valence electrons. The topological polar surface area (TPSA) is 47.0 Å². The van der Waals surface area contributed by atoms with Gasteiger partial charge in [-0.3, -0.25) is 0 Å². The summed E-state index contributed by atoms with van der Waals surface area (Å²) in [6.45, 7) is 4.18. The zero-order valence-electron chi connectivity index (χ0n) is 10.5. The summed E-state index contributed by atoms with van der Waals surface area (Å²) in [6, 6.07) is 11.9. The minimum Gasteiger partial charge on any atom is -0.494 e. The van der Waals surface area contributed by atoms with Gasteiger partial charge < -0.3 is 10.1 Å². The summed E-state index contributed by atoms with van der Waals surface area (Å²) in [7, 11) is 0. The number of hydrogen-bond acceptors (Lipinski definition) is 4. The maximum absolute atomic E-state index is 5.46. The van der Waals surface area contributed by atoms with Gasteiger partial charge in [-0.1, -0.05) is 12.1 Å². The van der Waals surface area contributed by atoms with Crippen molar-refractivity contribution in [2.24, 2.45) is 0 Å². The average Bonchev–Trinajstić information content (AvgIpc) is 2.41. The number of nitrogens with one attached hydrogen (secondary N) is 1. The van der Waals surface area contributed by atoms with E-state index in [4.69, 9.17) is 4.74 Å². The SMILES string of the molecule is CCOc1cccc(CNCc2cccnn2)c1. The van der Waals surface area contributed by atoms with Crippen molar-refractivity contribution in [3.05, 3.63) is 53.9 Å². The third kappa shape index (κ3) is 3.82. The lowest BCUT2D eigenvalue weighted by atomic mass is 10.2. The fraction of sp³-hybridized carbons (Fsp3) is 0.286. The summed E-state index contributed by atoms with van der Waals surface area (Å²) in [4.78, 5) is 0. The van der Waals surface area contributed by atoms with Crippen molar-refractivity contribution in [1.29, 1.82) is 0 Å². The molecule has 0 bridgehead atoms. The number of hydrogen-bond donors (Lipinski definition) is 1. The molecule has 1 aromatic heterocycles.